The second kappa shape index (κ2) is 5.05. The molecule has 0 spiro atoms. The number of hydrogen-bond donors (Lipinski definition) is 2. The van der Waals surface area contributed by atoms with Crippen LogP contribution in [0.25, 0.3) is 0 Å². The van der Waals surface area contributed by atoms with Gasteiger partial charge in [0, 0.05) is 19.3 Å². The van der Waals surface area contributed by atoms with Crippen molar-refractivity contribution in [3.8, 4) is 0 Å². The number of nitrogen functional groups attached to an aromatic ring is 1. The minimum absolute atomic E-state index is 0.421. The Labute approximate surface area is 91.8 Å². The van der Waals surface area contributed by atoms with Gasteiger partial charge in [0.1, 0.15) is 0 Å². The van der Waals surface area contributed by atoms with Crippen LogP contribution in [0.2, 0.25) is 0 Å². The number of anilines is 2. The summed E-state index contributed by atoms with van der Waals surface area (Å²) < 4.78 is 1.73. The average molecular weight is 210 g/mol. The van der Waals surface area contributed by atoms with Crippen LogP contribution in [0.4, 0.5) is 11.5 Å². The Morgan fingerprint density at radius 2 is 2.07 bits per heavy atom. The van der Waals surface area contributed by atoms with E-state index in [1.807, 2.05) is 13.2 Å². The lowest BCUT2D eigenvalue weighted by Crippen LogP contribution is -2.17. The topological polar surface area (TPSA) is 55.9 Å². The van der Waals surface area contributed by atoms with Gasteiger partial charge in [0.2, 0.25) is 0 Å². The molecule has 1 heterocycles. The van der Waals surface area contributed by atoms with E-state index in [2.05, 4.69) is 31.2 Å². The van der Waals surface area contributed by atoms with Gasteiger partial charge in [-0.2, -0.15) is 5.10 Å². The highest BCUT2D eigenvalue weighted by atomic mass is 15.3. The summed E-state index contributed by atoms with van der Waals surface area (Å²) in [5, 5.41) is 7.59. The Bertz CT molecular complexity index is 304. The van der Waals surface area contributed by atoms with Gasteiger partial charge in [-0.15, -0.1) is 0 Å². The molecule has 4 nitrogen and oxygen atoms in total. The van der Waals surface area contributed by atoms with Crippen molar-refractivity contribution < 1.29 is 0 Å². The van der Waals surface area contributed by atoms with Crippen LogP contribution in [0.1, 0.15) is 33.6 Å². The smallest absolute Gasteiger partial charge is 0.171 e. The highest BCUT2D eigenvalue weighted by Gasteiger charge is 2.08. The zero-order valence-corrected chi connectivity index (χ0v) is 10.1. The van der Waals surface area contributed by atoms with E-state index >= 15 is 0 Å². The molecule has 0 aliphatic carbocycles. The number of nitrogens with one attached hydrogen (secondary N) is 1. The molecule has 0 fully saturated rings. The predicted molar refractivity (Wildman–Crippen MR) is 64.8 cm³/mol. The average Bonchev–Trinajstić information content (AvgIpc) is 2.42. The Balaban J connectivity index is 2.44. The number of aromatic nitrogens is 2. The summed E-state index contributed by atoms with van der Waals surface area (Å²) in [5.41, 5.74) is 6.52. The monoisotopic (exact) mass is 210 g/mol. The molecule has 1 aromatic rings. The van der Waals surface area contributed by atoms with E-state index in [9.17, 15) is 0 Å². The third kappa shape index (κ3) is 3.81. The molecule has 86 valence electrons. The summed E-state index contributed by atoms with van der Waals surface area (Å²) in [5.74, 6) is 1.55. The number of nitrogens with zero attached hydrogens (tertiary/aromatic N) is 2. The Kier molecular flexibility index (Phi) is 4.00. The van der Waals surface area contributed by atoms with Crippen molar-refractivity contribution in [3.05, 3.63) is 6.20 Å². The summed E-state index contributed by atoms with van der Waals surface area (Å²) in [4.78, 5) is 0. The maximum atomic E-state index is 5.80. The quantitative estimate of drug-likeness (QED) is 0.783. The van der Waals surface area contributed by atoms with Crippen LogP contribution in [-0.4, -0.2) is 15.8 Å². The van der Waals surface area contributed by atoms with Gasteiger partial charge >= 0.3 is 0 Å². The highest BCUT2D eigenvalue weighted by Crippen LogP contribution is 2.17. The lowest BCUT2D eigenvalue weighted by molar-refractivity contribution is 0.527. The van der Waals surface area contributed by atoms with Gasteiger partial charge in [-0.3, -0.25) is 4.68 Å². The number of hydrogen-bond acceptors (Lipinski definition) is 3. The molecule has 0 amide bonds. The van der Waals surface area contributed by atoms with E-state index in [0.29, 0.717) is 11.7 Å². The zero-order valence-electron chi connectivity index (χ0n) is 10.1. The summed E-state index contributed by atoms with van der Waals surface area (Å²) in [6.45, 7) is 6.64. The van der Waals surface area contributed by atoms with Crippen LogP contribution in [0.15, 0.2) is 6.20 Å². The van der Waals surface area contributed by atoms with Crippen molar-refractivity contribution in [2.24, 2.45) is 13.0 Å². The maximum absolute atomic E-state index is 5.80. The Hall–Kier alpha value is -1.19. The fraction of sp³-hybridized carbons (Fsp3) is 0.727. The summed E-state index contributed by atoms with van der Waals surface area (Å²) in [6, 6.07) is 0.421. The molecule has 0 aromatic carbocycles. The molecule has 3 N–H and O–H groups in total. The highest BCUT2D eigenvalue weighted by molar-refractivity contribution is 5.60. The molecule has 0 bridgehead atoms. The van der Waals surface area contributed by atoms with Crippen molar-refractivity contribution in [3.63, 3.8) is 0 Å². The van der Waals surface area contributed by atoms with Crippen LogP contribution in [-0.2, 0) is 7.05 Å². The molecule has 15 heavy (non-hydrogen) atoms. The molecule has 0 radical (unpaired) electrons. The maximum Gasteiger partial charge on any atom is 0.171 e. The molecule has 1 rings (SSSR count). The van der Waals surface area contributed by atoms with Crippen molar-refractivity contribution >= 4 is 11.5 Å². The first kappa shape index (κ1) is 11.9. The minimum atomic E-state index is 0.421. The molecule has 0 aliphatic rings. The second-order valence-electron chi connectivity index (χ2n) is 4.62. The van der Waals surface area contributed by atoms with Crippen LogP contribution in [0, 0.1) is 5.92 Å². The second-order valence-corrected chi connectivity index (χ2v) is 4.62. The number of aryl methyl sites for hydroxylation is 1. The van der Waals surface area contributed by atoms with Gasteiger partial charge < -0.3 is 11.1 Å². The molecule has 1 aromatic heterocycles. The first-order chi connectivity index (χ1) is 6.99. The normalized spacial score (nSPS) is 13.1. The Morgan fingerprint density at radius 1 is 1.40 bits per heavy atom. The van der Waals surface area contributed by atoms with Gasteiger partial charge in [0.25, 0.3) is 0 Å². The molecule has 0 aliphatic heterocycles. The van der Waals surface area contributed by atoms with Crippen LogP contribution < -0.4 is 11.1 Å². The van der Waals surface area contributed by atoms with Crippen LogP contribution in [0.5, 0.6) is 0 Å². The molecule has 0 saturated heterocycles. The predicted octanol–water partition coefficient (Wildman–Crippen LogP) is 2.24. The van der Waals surface area contributed by atoms with Crippen LogP contribution >= 0.6 is 0 Å². The van der Waals surface area contributed by atoms with E-state index < -0.39 is 0 Å². The Morgan fingerprint density at radius 3 is 2.53 bits per heavy atom. The summed E-state index contributed by atoms with van der Waals surface area (Å²) >= 11 is 0. The first-order valence-electron chi connectivity index (χ1n) is 5.54. The summed E-state index contributed by atoms with van der Waals surface area (Å²) in [7, 11) is 1.88. The van der Waals surface area contributed by atoms with E-state index in [0.717, 1.165) is 18.2 Å². The summed E-state index contributed by atoms with van der Waals surface area (Å²) in [6.07, 6.45) is 4.19. The fourth-order valence-corrected chi connectivity index (χ4v) is 1.51. The van der Waals surface area contributed by atoms with E-state index in [1.54, 1.807) is 4.68 Å². The molecule has 1 atom stereocenters. The number of nitrogens with two attached hydrogens (primary N) is 1. The van der Waals surface area contributed by atoms with E-state index in [1.165, 1.54) is 6.42 Å². The SMILES string of the molecule is CC(C)CCC(C)Nc1nn(C)cc1N. The van der Waals surface area contributed by atoms with Gasteiger partial charge in [-0.1, -0.05) is 13.8 Å². The number of rotatable bonds is 5. The van der Waals surface area contributed by atoms with Gasteiger partial charge in [0.05, 0.1) is 5.69 Å². The standard InChI is InChI=1S/C11H22N4/c1-8(2)5-6-9(3)13-11-10(12)7-15(4)14-11/h7-9H,5-6,12H2,1-4H3,(H,13,14). The van der Waals surface area contributed by atoms with E-state index in [4.69, 9.17) is 5.73 Å². The molecule has 4 heteroatoms. The largest absolute Gasteiger partial charge is 0.394 e. The van der Waals surface area contributed by atoms with Gasteiger partial charge in [-0.05, 0) is 25.7 Å². The van der Waals surface area contributed by atoms with Crippen molar-refractivity contribution in [1.29, 1.82) is 0 Å². The molecular weight excluding hydrogens is 188 g/mol. The zero-order chi connectivity index (χ0) is 11.4. The third-order valence-electron chi connectivity index (χ3n) is 2.42. The minimum Gasteiger partial charge on any atom is -0.394 e. The van der Waals surface area contributed by atoms with E-state index in [-0.39, 0.29) is 0 Å². The van der Waals surface area contributed by atoms with Crippen molar-refractivity contribution in [2.45, 2.75) is 39.7 Å². The lowest BCUT2D eigenvalue weighted by Gasteiger charge is -2.14. The molecule has 0 saturated carbocycles. The van der Waals surface area contributed by atoms with Crippen LogP contribution in [0.3, 0.4) is 0 Å². The van der Waals surface area contributed by atoms with Gasteiger partial charge in [-0.25, -0.2) is 0 Å². The van der Waals surface area contributed by atoms with Crippen molar-refractivity contribution in [2.75, 3.05) is 11.1 Å². The van der Waals surface area contributed by atoms with Crippen molar-refractivity contribution in [1.82, 2.24) is 9.78 Å². The third-order valence-corrected chi connectivity index (χ3v) is 2.42. The fourth-order valence-electron chi connectivity index (χ4n) is 1.51. The molecule has 1 unspecified atom stereocenters. The molecular formula is C11H22N4. The first-order valence-corrected chi connectivity index (χ1v) is 5.54. The lowest BCUT2D eigenvalue weighted by atomic mass is 10.0. The van der Waals surface area contributed by atoms with Gasteiger partial charge in [0.15, 0.2) is 5.82 Å².